The summed E-state index contributed by atoms with van der Waals surface area (Å²) < 4.78 is 1.71. The molecule has 0 amide bonds. The number of hydrogen-bond acceptors (Lipinski definition) is 5. The maximum atomic E-state index is 6.34. The van der Waals surface area contributed by atoms with Gasteiger partial charge < -0.3 is 5.32 Å². The molecule has 3 aromatic rings. The number of pyridine rings is 1. The van der Waals surface area contributed by atoms with Crippen LogP contribution in [0.5, 0.6) is 0 Å². The Labute approximate surface area is 131 Å². The highest BCUT2D eigenvalue weighted by Gasteiger charge is 2.25. The third kappa shape index (κ3) is 2.14. The minimum Gasteiger partial charge on any atom is -0.323 e. The lowest BCUT2D eigenvalue weighted by Gasteiger charge is -2.23. The first-order chi connectivity index (χ1) is 10.8. The average Bonchev–Trinajstić information content (AvgIpc) is 3.04. The number of nitrogens with zero attached hydrogens (tertiary/aromatic N) is 5. The van der Waals surface area contributed by atoms with Crippen molar-refractivity contribution in [1.29, 1.82) is 0 Å². The van der Waals surface area contributed by atoms with E-state index in [4.69, 9.17) is 11.6 Å². The predicted molar refractivity (Wildman–Crippen MR) is 83.2 cm³/mol. The van der Waals surface area contributed by atoms with E-state index >= 15 is 0 Å². The molecule has 0 unspecified atom stereocenters. The van der Waals surface area contributed by atoms with Crippen molar-refractivity contribution in [3.05, 3.63) is 71.0 Å². The van der Waals surface area contributed by atoms with Gasteiger partial charge in [-0.1, -0.05) is 34.9 Å². The molecule has 0 bridgehead atoms. The van der Waals surface area contributed by atoms with E-state index in [-0.39, 0.29) is 6.04 Å². The Kier molecular flexibility index (Phi) is 3.08. The molecule has 1 aromatic carbocycles. The number of fused-ring (bicyclic) bond motifs is 1. The molecule has 0 aliphatic carbocycles. The number of anilines is 1. The number of tetrazole rings is 1. The number of benzene rings is 1. The highest BCUT2D eigenvalue weighted by atomic mass is 35.5. The summed E-state index contributed by atoms with van der Waals surface area (Å²) in [4.78, 5) is 4.15. The molecular weight excluding hydrogens is 300 g/mol. The first-order valence-corrected chi connectivity index (χ1v) is 7.12. The van der Waals surface area contributed by atoms with Crippen molar-refractivity contribution in [1.82, 2.24) is 25.2 Å². The van der Waals surface area contributed by atoms with Crippen LogP contribution in [0.2, 0.25) is 5.02 Å². The van der Waals surface area contributed by atoms with E-state index in [1.54, 1.807) is 17.1 Å². The van der Waals surface area contributed by atoms with Gasteiger partial charge in [-0.25, -0.2) is 0 Å². The van der Waals surface area contributed by atoms with E-state index in [1.165, 1.54) is 0 Å². The summed E-state index contributed by atoms with van der Waals surface area (Å²) >= 11 is 6.34. The smallest absolute Gasteiger partial charge is 0.248 e. The quantitative estimate of drug-likeness (QED) is 0.788. The van der Waals surface area contributed by atoms with E-state index in [0.29, 0.717) is 11.0 Å². The molecule has 0 saturated carbocycles. The molecule has 6 nitrogen and oxygen atoms in total. The second-order valence-electron chi connectivity index (χ2n) is 4.86. The summed E-state index contributed by atoms with van der Waals surface area (Å²) in [6, 6.07) is 11.4. The van der Waals surface area contributed by atoms with Crippen LogP contribution in [0.15, 0.2) is 54.9 Å². The van der Waals surface area contributed by atoms with Crippen LogP contribution in [-0.4, -0.2) is 25.2 Å². The molecule has 4 rings (SSSR count). The van der Waals surface area contributed by atoms with Crippen LogP contribution in [0.25, 0.3) is 5.70 Å². The SMILES string of the molecule is Clc1ccccc1[C@H]1C=C(c2cccnc2)Nc2nnnn21. The van der Waals surface area contributed by atoms with Gasteiger partial charge in [0.25, 0.3) is 0 Å². The second-order valence-corrected chi connectivity index (χ2v) is 5.27. The molecule has 0 fully saturated rings. The molecule has 0 saturated heterocycles. The number of rotatable bonds is 2. The molecule has 1 atom stereocenters. The van der Waals surface area contributed by atoms with Gasteiger partial charge in [-0.3, -0.25) is 4.98 Å². The summed E-state index contributed by atoms with van der Waals surface area (Å²) in [6.07, 6.45) is 5.58. The molecule has 1 N–H and O–H groups in total. The fourth-order valence-electron chi connectivity index (χ4n) is 2.48. The molecule has 7 heteroatoms. The van der Waals surface area contributed by atoms with Crippen molar-refractivity contribution in [2.24, 2.45) is 0 Å². The largest absolute Gasteiger partial charge is 0.323 e. The van der Waals surface area contributed by atoms with Crippen LogP contribution in [0, 0.1) is 0 Å². The molecule has 0 radical (unpaired) electrons. The van der Waals surface area contributed by atoms with Crippen molar-refractivity contribution < 1.29 is 0 Å². The maximum absolute atomic E-state index is 6.34. The standard InChI is InChI=1S/C15H11ClN6/c16-12-6-2-1-5-11(12)14-8-13(10-4-3-7-17-9-10)18-15-19-20-21-22(14)15/h1-9,14H,(H,18,19,21)/t14-/m1/s1. The maximum Gasteiger partial charge on any atom is 0.248 e. The van der Waals surface area contributed by atoms with Crippen molar-refractivity contribution in [3.63, 3.8) is 0 Å². The molecule has 3 heterocycles. The summed E-state index contributed by atoms with van der Waals surface area (Å²) in [6.45, 7) is 0. The zero-order valence-corrected chi connectivity index (χ0v) is 12.1. The van der Waals surface area contributed by atoms with Gasteiger partial charge in [0.05, 0.1) is 0 Å². The molecular formula is C15H11ClN6. The van der Waals surface area contributed by atoms with Crippen LogP contribution in [-0.2, 0) is 0 Å². The Bertz CT molecular complexity index is 842. The van der Waals surface area contributed by atoms with E-state index in [0.717, 1.165) is 16.8 Å². The number of allylic oxidation sites excluding steroid dienone is 1. The molecule has 2 aromatic heterocycles. The van der Waals surface area contributed by atoms with Crippen LogP contribution < -0.4 is 5.32 Å². The molecule has 108 valence electrons. The van der Waals surface area contributed by atoms with Gasteiger partial charge in [0, 0.05) is 28.7 Å². The lowest BCUT2D eigenvalue weighted by molar-refractivity contribution is 0.586. The average molecular weight is 311 g/mol. The Morgan fingerprint density at radius 3 is 2.86 bits per heavy atom. The van der Waals surface area contributed by atoms with Gasteiger partial charge in [0.15, 0.2) is 0 Å². The topological polar surface area (TPSA) is 68.5 Å². The third-order valence-electron chi connectivity index (χ3n) is 3.52. The number of hydrogen-bond donors (Lipinski definition) is 1. The molecule has 1 aliphatic rings. The van der Waals surface area contributed by atoms with E-state index in [2.05, 4.69) is 25.8 Å². The zero-order valence-electron chi connectivity index (χ0n) is 11.4. The minimum atomic E-state index is -0.171. The minimum absolute atomic E-state index is 0.171. The Morgan fingerprint density at radius 1 is 1.14 bits per heavy atom. The highest BCUT2D eigenvalue weighted by Crippen LogP contribution is 2.34. The van der Waals surface area contributed by atoms with Crippen LogP contribution >= 0.6 is 11.6 Å². The number of aromatic nitrogens is 5. The van der Waals surface area contributed by atoms with E-state index in [1.807, 2.05) is 42.5 Å². The fourth-order valence-corrected chi connectivity index (χ4v) is 2.73. The van der Waals surface area contributed by atoms with Crippen molar-refractivity contribution >= 4 is 23.2 Å². The molecule has 0 spiro atoms. The number of nitrogens with one attached hydrogen (secondary N) is 1. The normalized spacial score (nSPS) is 16.6. The van der Waals surface area contributed by atoms with Crippen molar-refractivity contribution in [3.8, 4) is 0 Å². The predicted octanol–water partition coefficient (Wildman–Crippen LogP) is 2.78. The van der Waals surface area contributed by atoms with Crippen molar-refractivity contribution in [2.45, 2.75) is 6.04 Å². The summed E-state index contributed by atoms with van der Waals surface area (Å²) in [5.74, 6) is 0.575. The van der Waals surface area contributed by atoms with Gasteiger partial charge in [-0.2, -0.15) is 4.68 Å². The second kappa shape index (κ2) is 5.23. The lowest BCUT2D eigenvalue weighted by atomic mass is 10.0. The Hall–Kier alpha value is -2.73. The molecule has 1 aliphatic heterocycles. The monoisotopic (exact) mass is 310 g/mol. The van der Waals surface area contributed by atoms with Crippen molar-refractivity contribution in [2.75, 3.05) is 5.32 Å². The first-order valence-electron chi connectivity index (χ1n) is 6.74. The summed E-state index contributed by atoms with van der Waals surface area (Å²) in [5.41, 5.74) is 2.81. The fraction of sp³-hybridized carbons (Fsp3) is 0.0667. The third-order valence-corrected chi connectivity index (χ3v) is 3.87. The van der Waals surface area contributed by atoms with Gasteiger partial charge in [0.2, 0.25) is 5.95 Å². The van der Waals surface area contributed by atoms with Gasteiger partial charge >= 0.3 is 0 Å². The van der Waals surface area contributed by atoms with Gasteiger partial charge in [0.1, 0.15) is 6.04 Å². The number of halogens is 1. The van der Waals surface area contributed by atoms with Gasteiger partial charge in [-0.15, -0.1) is 0 Å². The summed E-state index contributed by atoms with van der Waals surface area (Å²) in [7, 11) is 0. The highest BCUT2D eigenvalue weighted by molar-refractivity contribution is 6.31. The van der Waals surface area contributed by atoms with Crippen LogP contribution in [0.4, 0.5) is 5.95 Å². The van der Waals surface area contributed by atoms with Crippen LogP contribution in [0.3, 0.4) is 0 Å². The van der Waals surface area contributed by atoms with E-state index < -0.39 is 0 Å². The Balaban J connectivity index is 1.86. The van der Waals surface area contributed by atoms with E-state index in [9.17, 15) is 0 Å². The Morgan fingerprint density at radius 2 is 2.05 bits per heavy atom. The lowest BCUT2D eigenvalue weighted by Crippen LogP contribution is -2.20. The van der Waals surface area contributed by atoms with Gasteiger partial charge in [-0.05, 0) is 40.3 Å². The van der Waals surface area contributed by atoms with Crippen LogP contribution in [0.1, 0.15) is 17.2 Å². The zero-order chi connectivity index (χ0) is 14.9. The molecule has 22 heavy (non-hydrogen) atoms. The summed E-state index contributed by atoms with van der Waals surface area (Å²) in [5, 5.41) is 15.7. The first kappa shape index (κ1) is 13.0.